The zero-order chi connectivity index (χ0) is 36.5. The summed E-state index contributed by atoms with van der Waals surface area (Å²) in [4.78, 5) is 15.9. The number of ether oxygens (including phenoxy) is 1. The third-order valence-corrected chi connectivity index (χ3v) is 12.0. The first-order chi connectivity index (χ1) is 24.9. The van der Waals surface area contributed by atoms with E-state index in [0.29, 0.717) is 79.2 Å². The van der Waals surface area contributed by atoms with E-state index >= 15 is 8.78 Å². The molecule has 2 aromatic carbocycles. The van der Waals surface area contributed by atoms with Gasteiger partial charge in [0.15, 0.2) is 11.5 Å². The molecule has 8 rings (SSSR count). The normalized spacial score (nSPS) is 23.6. The van der Waals surface area contributed by atoms with E-state index in [1.165, 1.54) is 11.0 Å². The van der Waals surface area contributed by atoms with Crippen LogP contribution in [-0.4, -0.2) is 97.0 Å². The van der Waals surface area contributed by atoms with E-state index in [1.807, 2.05) is 29.8 Å². The Balaban J connectivity index is 1.19. The summed E-state index contributed by atoms with van der Waals surface area (Å²) in [6.45, 7) is 9.71. The number of aryl methyl sites for hydroxylation is 1. The molecule has 13 heteroatoms. The van der Waals surface area contributed by atoms with Gasteiger partial charge >= 0.3 is 12.2 Å². The average molecular weight is 725 g/mol. The Morgan fingerprint density at radius 2 is 1.75 bits per heavy atom. The molecule has 5 heterocycles. The van der Waals surface area contributed by atoms with Crippen LogP contribution >= 0.6 is 0 Å². The highest BCUT2D eigenvalue weighted by Gasteiger charge is 2.47. The number of anilines is 1. The molecule has 0 unspecified atom stereocenters. The molecule has 4 aliphatic rings. The molecule has 1 N–H and O–H groups in total. The molecule has 1 saturated carbocycles. The monoisotopic (exact) mass is 724 g/mol. The van der Waals surface area contributed by atoms with Crippen LogP contribution in [-0.2, 0) is 13.5 Å². The van der Waals surface area contributed by atoms with Crippen molar-refractivity contribution in [1.29, 1.82) is 0 Å². The van der Waals surface area contributed by atoms with Crippen LogP contribution in [0.1, 0.15) is 44.4 Å². The Kier molecular flexibility index (Phi) is 9.05. The minimum absolute atomic E-state index is 0.114. The van der Waals surface area contributed by atoms with Gasteiger partial charge in [0.2, 0.25) is 5.82 Å². The summed E-state index contributed by atoms with van der Waals surface area (Å²) in [5.41, 5.74) is 2.38. The summed E-state index contributed by atoms with van der Waals surface area (Å²) in [5.74, 6) is 0.0262. The van der Waals surface area contributed by atoms with E-state index < -0.39 is 18.5 Å². The van der Waals surface area contributed by atoms with Gasteiger partial charge in [-0.2, -0.15) is 32.1 Å². The number of alkyl halides is 3. The molecule has 0 amide bonds. The van der Waals surface area contributed by atoms with Gasteiger partial charge in [0.05, 0.1) is 18.7 Å². The van der Waals surface area contributed by atoms with Crippen LogP contribution in [0.3, 0.4) is 0 Å². The first-order valence-electron chi connectivity index (χ1n) is 18.6. The SMILES string of the molecule is CC[C@@H]1NCCN2c3nc(OCC4(CN5CCN(CC(F)(F)F)CC5)CC4)nc4c(F)c(-c5cccc6ccc(F)c(C)c56)[n+](C)c(c34)C[C@H](C)[C@@H]12. The molecule has 3 aliphatic heterocycles. The van der Waals surface area contributed by atoms with Crippen LogP contribution in [0.15, 0.2) is 30.3 Å². The van der Waals surface area contributed by atoms with E-state index in [-0.39, 0.29) is 40.8 Å². The summed E-state index contributed by atoms with van der Waals surface area (Å²) >= 11 is 0. The van der Waals surface area contributed by atoms with Crippen molar-refractivity contribution in [3.8, 4) is 17.3 Å². The van der Waals surface area contributed by atoms with Crippen molar-refractivity contribution >= 4 is 27.5 Å². The molecule has 0 spiro atoms. The molecule has 8 nitrogen and oxygen atoms in total. The number of hydrogen-bond donors (Lipinski definition) is 1. The smallest absolute Gasteiger partial charge is 0.401 e. The number of pyridine rings is 1. The number of halogens is 5. The van der Waals surface area contributed by atoms with Gasteiger partial charge in [-0.3, -0.25) is 4.90 Å². The molecular formula is C39H47F5N7O+. The number of nitrogens with zero attached hydrogens (tertiary/aromatic N) is 6. The fourth-order valence-corrected chi connectivity index (χ4v) is 9.15. The second-order valence-electron chi connectivity index (χ2n) is 15.6. The molecule has 1 aliphatic carbocycles. The molecule has 2 saturated heterocycles. The zero-order valence-corrected chi connectivity index (χ0v) is 30.3. The molecule has 2 aromatic heterocycles. The van der Waals surface area contributed by atoms with Crippen molar-refractivity contribution in [3.63, 3.8) is 0 Å². The van der Waals surface area contributed by atoms with E-state index in [2.05, 4.69) is 29.0 Å². The van der Waals surface area contributed by atoms with Crippen LogP contribution in [0, 0.1) is 29.9 Å². The summed E-state index contributed by atoms with van der Waals surface area (Å²) < 4.78 is 79.7. The molecular weight excluding hydrogens is 677 g/mol. The zero-order valence-electron chi connectivity index (χ0n) is 30.3. The van der Waals surface area contributed by atoms with Gasteiger partial charge in [-0.1, -0.05) is 32.0 Å². The van der Waals surface area contributed by atoms with Gasteiger partial charge < -0.3 is 19.9 Å². The molecule has 52 heavy (non-hydrogen) atoms. The average Bonchev–Trinajstić information content (AvgIpc) is 3.91. The Labute approximate surface area is 300 Å². The van der Waals surface area contributed by atoms with Crippen LogP contribution in [0.4, 0.5) is 27.8 Å². The maximum atomic E-state index is 17.4. The lowest BCUT2D eigenvalue weighted by Crippen LogP contribution is -2.60. The first kappa shape index (κ1) is 35.4. The van der Waals surface area contributed by atoms with Crippen molar-refractivity contribution in [2.75, 3.05) is 63.9 Å². The van der Waals surface area contributed by atoms with Gasteiger partial charge in [-0.25, -0.2) is 4.39 Å². The van der Waals surface area contributed by atoms with Crippen LogP contribution in [0.25, 0.3) is 32.9 Å². The largest absolute Gasteiger partial charge is 0.463 e. The van der Waals surface area contributed by atoms with Gasteiger partial charge in [-0.05, 0) is 55.2 Å². The highest BCUT2D eigenvalue weighted by molar-refractivity contribution is 6.00. The lowest BCUT2D eigenvalue weighted by atomic mass is 9.87. The first-order valence-corrected chi connectivity index (χ1v) is 18.6. The maximum Gasteiger partial charge on any atom is 0.401 e. The van der Waals surface area contributed by atoms with Crippen LogP contribution in [0.2, 0.25) is 0 Å². The fourth-order valence-electron chi connectivity index (χ4n) is 9.15. The highest BCUT2D eigenvalue weighted by atomic mass is 19.4. The van der Waals surface area contributed by atoms with E-state index in [4.69, 9.17) is 14.7 Å². The van der Waals surface area contributed by atoms with Crippen molar-refractivity contribution < 1.29 is 31.3 Å². The number of fused-ring (bicyclic) bond motifs is 3. The fraction of sp³-hybridized carbons (Fsp3) is 0.564. The summed E-state index contributed by atoms with van der Waals surface area (Å²) in [7, 11) is 1.89. The number of rotatable bonds is 8. The molecule has 0 bridgehead atoms. The predicted molar refractivity (Wildman–Crippen MR) is 190 cm³/mol. The summed E-state index contributed by atoms with van der Waals surface area (Å²) in [6.07, 6.45) is -0.731. The number of nitrogens with one attached hydrogen (secondary N) is 1. The molecule has 278 valence electrons. The van der Waals surface area contributed by atoms with E-state index in [0.717, 1.165) is 43.4 Å². The lowest BCUT2D eigenvalue weighted by Gasteiger charge is -2.44. The Morgan fingerprint density at radius 3 is 2.46 bits per heavy atom. The Hall–Kier alpha value is -3.68. The second kappa shape index (κ2) is 13.3. The lowest BCUT2D eigenvalue weighted by molar-refractivity contribution is -0.668. The number of piperazine rings is 2. The van der Waals surface area contributed by atoms with Gasteiger partial charge in [0.1, 0.15) is 23.8 Å². The van der Waals surface area contributed by atoms with Crippen LogP contribution in [0.5, 0.6) is 6.01 Å². The molecule has 3 fully saturated rings. The number of hydrogen-bond acceptors (Lipinski definition) is 7. The van der Waals surface area contributed by atoms with Crippen molar-refractivity contribution in [1.82, 2.24) is 25.1 Å². The second-order valence-corrected chi connectivity index (χ2v) is 15.6. The van der Waals surface area contributed by atoms with Gasteiger partial charge in [0.25, 0.3) is 5.69 Å². The Morgan fingerprint density at radius 1 is 1.00 bits per heavy atom. The highest BCUT2D eigenvalue weighted by Crippen LogP contribution is 2.47. The van der Waals surface area contributed by atoms with Crippen molar-refractivity contribution in [2.24, 2.45) is 18.4 Å². The minimum atomic E-state index is -4.20. The predicted octanol–water partition coefficient (Wildman–Crippen LogP) is 5.95. The van der Waals surface area contributed by atoms with Crippen molar-refractivity contribution in [3.05, 3.63) is 53.2 Å². The summed E-state index contributed by atoms with van der Waals surface area (Å²) in [6, 6.07) is 9.28. The third-order valence-electron chi connectivity index (χ3n) is 12.0. The molecule has 3 atom stereocenters. The van der Waals surface area contributed by atoms with E-state index in [9.17, 15) is 13.2 Å². The van der Waals surface area contributed by atoms with Gasteiger partial charge in [0, 0.05) is 75.1 Å². The van der Waals surface area contributed by atoms with Crippen molar-refractivity contribution in [2.45, 2.75) is 64.7 Å². The maximum absolute atomic E-state index is 17.4. The molecule has 4 aromatic rings. The van der Waals surface area contributed by atoms with E-state index in [1.54, 1.807) is 13.0 Å². The number of aromatic nitrogens is 3. The Bertz CT molecular complexity index is 2010. The van der Waals surface area contributed by atoms with Gasteiger partial charge in [-0.15, -0.1) is 0 Å². The third kappa shape index (κ3) is 6.36. The topological polar surface area (TPSA) is 60.6 Å². The standard InChI is InChI=1S/C39H47F5N7O/c1-5-28-34-23(2)19-29-31-33(32(41)35(48(29)4)26-8-6-7-25-9-10-27(40)24(3)30(25)26)46-37(47-36(31)51(34)14-13-45-28)52-22-38(11-12-38)20-49-15-17-50(18-16-49)21-39(42,43)44/h6-10,23,28,34,45H,5,11-22H2,1-4H3/q+1/t23-,28-,34-/m0/s1. The minimum Gasteiger partial charge on any atom is -0.463 e. The molecule has 0 radical (unpaired) electrons. The summed E-state index contributed by atoms with van der Waals surface area (Å²) in [5, 5.41) is 5.88. The quantitative estimate of drug-likeness (QED) is 0.178. The van der Waals surface area contributed by atoms with Crippen LogP contribution < -0.4 is 19.5 Å². The number of benzene rings is 2.